The van der Waals surface area contributed by atoms with Crippen LogP contribution in [0.3, 0.4) is 0 Å². The van der Waals surface area contributed by atoms with E-state index in [-0.39, 0.29) is 12.7 Å². The number of ether oxygens (including phenoxy) is 1. The minimum absolute atomic E-state index is 0.0454. The Labute approximate surface area is 102 Å². The lowest BCUT2D eigenvalue weighted by Crippen LogP contribution is -2.43. The number of aliphatic hydroxyl groups is 1. The van der Waals surface area contributed by atoms with Crippen molar-refractivity contribution in [2.75, 3.05) is 26.3 Å². The van der Waals surface area contributed by atoms with Crippen LogP contribution in [0, 0.1) is 0 Å². The molecule has 0 aliphatic carbocycles. The maximum absolute atomic E-state index is 9.08. The fourth-order valence-corrected chi connectivity index (χ4v) is 2.01. The summed E-state index contributed by atoms with van der Waals surface area (Å²) in [7, 11) is 0. The molecule has 0 aromatic carbocycles. The summed E-state index contributed by atoms with van der Waals surface area (Å²) in [4.78, 5) is 2.28. The molecule has 0 bridgehead atoms. The lowest BCUT2D eigenvalue weighted by atomic mass is 10.2. The van der Waals surface area contributed by atoms with E-state index in [0.29, 0.717) is 12.6 Å². The first-order valence-electron chi connectivity index (χ1n) is 6.18. The Hall–Kier alpha value is -0.910. The number of rotatable bonds is 4. The van der Waals surface area contributed by atoms with Gasteiger partial charge < -0.3 is 9.84 Å². The Bertz CT molecular complexity index is 351. The second-order valence-electron chi connectivity index (χ2n) is 4.79. The highest BCUT2D eigenvalue weighted by Crippen LogP contribution is 2.10. The van der Waals surface area contributed by atoms with Crippen molar-refractivity contribution in [3.63, 3.8) is 0 Å². The molecule has 0 radical (unpaired) electrons. The Balaban J connectivity index is 1.91. The molecule has 5 heteroatoms. The van der Waals surface area contributed by atoms with Crippen molar-refractivity contribution in [2.24, 2.45) is 0 Å². The van der Waals surface area contributed by atoms with Crippen molar-refractivity contribution in [2.45, 2.75) is 32.5 Å². The molecule has 1 unspecified atom stereocenters. The summed E-state index contributed by atoms with van der Waals surface area (Å²) < 4.78 is 7.39. The SMILES string of the molecule is CC(C)n1ccc(CN2CCOC(CO)C2)n1. The monoisotopic (exact) mass is 239 g/mol. The smallest absolute Gasteiger partial charge is 0.0933 e. The van der Waals surface area contributed by atoms with Crippen molar-refractivity contribution >= 4 is 0 Å². The third-order valence-electron chi connectivity index (χ3n) is 3.00. The summed E-state index contributed by atoms with van der Waals surface area (Å²) >= 11 is 0. The molecule has 1 fully saturated rings. The zero-order valence-corrected chi connectivity index (χ0v) is 10.5. The first-order valence-corrected chi connectivity index (χ1v) is 6.18. The predicted octanol–water partition coefficient (Wildman–Crippen LogP) is 0.657. The van der Waals surface area contributed by atoms with Crippen LogP contribution < -0.4 is 0 Å². The molecule has 17 heavy (non-hydrogen) atoms. The molecular weight excluding hydrogens is 218 g/mol. The molecular formula is C12H21N3O2. The zero-order valence-electron chi connectivity index (χ0n) is 10.5. The Morgan fingerprint density at radius 3 is 3.06 bits per heavy atom. The van der Waals surface area contributed by atoms with Gasteiger partial charge >= 0.3 is 0 Å². The molecule has 0 amide bonds. The van der Waals surface area contributed by atoms with Gasteiger partial charge in [0.25, 0.3) is 0 Å². The normalized spacial score (nSPS) is 22.2. The summed E-state index contributed by atoms with van der Waals surface area (Å²) in [6.07, 6.45) is 1.97. The number of nitrogens with zero attached hydrogens (tertiary/aromatic N) is 3. The fraction of sp³-hybridized carbons (Fsp3) is 0.750. The van der Waals surface area contributed by atoms with Crippen LogP contribution in [-0.2, 0) is 11.3 Å². The molecule has 2 heterocycles. The van der Waals surface area contributed by atoms with Crippen LogP contribution in [0.2, 0.25) is 0 Å². The quantitative estimate of drug-likeness (QED) is 0.838. The Morgan fingerprint density at radius 1 is 1.59 bits per heavy atom. The van der Waals surface area contributed by atoms with E-state index in [1.54, 1.807) is 0 Å². The van der Waals surface area contributed by atoms with Crippen LogP contribution in [0.5, 0.6) is 0 Å². The Morgan fingerprint density at radius 2 is 2.41 bits per heavy atom. The van der Waals surface area contributed by atoms with Gasteiger partial charge in [-0.05, 0) is 19.9 Å². The molecule has 1 saturated heterocycles. The van der Waals surface area contributed by atoms with Gasteiger partial charge in [-0.2, -0.15) is 5.10 Å². The number of aromatic nitrogens is 2. The summed E-state index contributed by atoms with van der Waals surface area (Å²) in [5, 5.41) is 13.6. The zero-order chi connectivity index (χ0) is 12.3. The lowest BCUT2D eigenvalue weighted by Gasteiger charge is -2.31. The molecule has 1 aliphatic rings. The molecule has 1 atom stereocenters. The van der Waals surface area contributed by atoms with E-state index in [1.165, 1.54) is 0 Å². The molecule has 96 valence electrons. The van der Waals surface area contributed by atoms with Crippen LogP contribution in [0.4, 0.5) is 0 Å². The minimum atomic E-state index is -0.0454. The highest BCUT2D eigenvalue weighted by atomic mass is 16.5. The van der Waals surface area contributed by atoms with Gasteiger partial charge in [0.2, 0.25) is 0 Å². The average Bonchev–Trinajstić information content (AvgIpc) is 2.78. The van der Waals surface area contributed by atoms with E-state index in [4.69, 9.17) is 9.84 Å². The maximum atomic E-state index is 9.08. The fourth-order valence-electron chi connectivity index (χ4n) is 2.01. The average molecular weight is 239 g/mol. The summed E-state index contributed by atoms with van der Waals surface area (Å²) in [6, 6.07) is 2.46. The number of hydrogen-bond donors (Lipinski definition) is 1. The summed E-state index contributed by atoms with van der Waals surface area (Å²) in [6.45, 7) is 7.54. The second-order valence-corrected chi connectivity index (χ2v) is 4.79. The largest absolute Gasteiger partial charge is 0.394 e. The van der Waals surface area contributed by atoms with Crippen LogP contribution in [0.1, 0.15) is 25.6 Å². The highest BCUT2D eigenvalue weighted by molar-refractivity contribution is 4.99. The van der Waals surface area contributed by atoms with Gasteiger partial charge in [0, 0.05) is 31.9 Å². The van der Waals surface area contributed by atoms with Gasteiger partial charge in [0.05, 0.1) is 25.0 Å². The lowest BCUT2D eigenvalue weighted by molar-refractivity contribution is -0.0554. The van der Waals surface area contributed by atoms with E-state index in [0.717, 1.165) is 25.3 Å². The minimum Gasteiger partial charge on any atom is -0.394 e. The van der Waals surface area contributed by atoms with Crippen molar-refractivity contribution in [3.8, 4) is 0 Å². The van der Waals surface area contributed by atoms with Gasteiger partial charge in [-0.3, -0.25) is 9.58 Å². The first-order chi connectivity index (χ1) is 8.19. The van der Waals surface area contributed by atoms with Gasteiger partial charge in [-0.25, -0.2) is 0 Å². The molecule has 1 aromatic rings. The molecule has 0 spiro atoms. The van der Waals surface area contributed by atoms with Crippen LogP contribution in [0.15, 0.2) is 12.3 Å². The molecule has 1 N–H and O–H groups in total. The predicted molar refractivity (Wildman–Crippen MR) is 64.7 cm³/mol. The van der Waals surface area contributed by atoms with Gasteiger partial charge in [-0.15, -0.1) is 0 Å². The van der Waals surface area contributed by atoms with E-state index in [9.17, 15) is 0 Å². The summed E-state index contributed by atoms with van der Waals surface area (Å²) in [5.41, 5.74) is 1.08. The van der Waals surface area contributed by atoms with Gasteiger partial charge in [-0.1, -0.05) is 0 Å². The first kappa shape index (κ1) is 12.5. The van der Waals surface area contributed by atoms with Crippen molar-refractivity contribution in [3.05, 3.63) is 18.0 Å². The topological polar surface area (TPSA) is 50.5 Å². The van der Waals surface area contributed by atoms with Crippen LogP contribution in [-0.4, -0.2) is 52.2 Å². The number of aliphatic hydroxyl groups excluding tert-OH is 1. The molecule has 1 aromatic heterocycles. The van der Waals surface area contributed by atoms with Crippen LogP contribution >= 0.6 is 0 Å². The van der Waals surface area contributed by atoms with Gasteiger partial charge in [0.1, 0.15) is 0 Å². The highest BCUT2D eigenvalue weighted by Gasteiger charge is 2.20. The van der Waals surface area contributed by atoms with E-state index < -0.39 is 0 Å². The Kier molecular flexibility index (Phi) is 4.15. The van der Waals surface area contributed by atoms with E-state index in [1.807, 2.05) is 10.9 Å². The summed E-state index contributed by atoms with van der Waals surface area (Å²) in [5.74, 6) is 0. The van der Waals surface area contributed by atoms with Crippen molar-refractivity contribution < 1.29 is 9.84 Å². The number of morpholine rings is 1. The maximum Gasteiger partial charge on any atom is 0.0933 e. The van der Waals surface area contributed by atoms with E-state index in [2.05, 4.69) is 29.9 Å². The number of hydrogen-bond acceptors (Lipinski definition) is 4. The van der Waals surface area contributed by atoms with Gasteiger partial charge in [0.15, 0.2) is 0 Å². The molecule has 2 rings (SSSR count). The molecule has 5 nitrogen and oxygen atoms in total. The standard InChI is InChI=1S/C12H21N3O2/c1-10(2)15-4-3-11(13-15)7-14-5-6-17-12(8-14)9-16/h3-4,10,12,16H,5-9H2,1-2H3. The second kappa shape index (κ2) is 5.62. The van der Waals surface area contributed by atoms with E-state index >= 15 is 0 Å². The molecule has 0 saturated carbocycles. The third kappa shape index (κ3) is 3.28. The molecule has 1 aliphatic heterocycles. The third-order valence-corrected chi connectivity index (χ3v) is 3.00. The van der Waals surface area contributed by atoms with Crippen LogP contribution in [0.25, 0.3) is 0 Å². The van der Waals surface area contributed by atoms with Crippen molar-refractivity contribution in [1.82, 2.24) is 14.7 Å². The van der Waals surface area contributed by atoms with Crippen molar-refractivity contribution in [1.29, 1.82) is 0 Å².